The highest BCUT2D eigenvalue weighted by Crippen LogP contribution is 2.28. The van der Waals surface area contributed by atoms with Crippen molar-refractivity contribution in [1.82, 2.24) is 14.5 Å². The molecule has 2 fully saturated rings. The number of methoxy groups -OCH3 is 1. The van der Waals surface area contributed by atoms with E-state index < -0.39 is 46.1 Å². The van der Waals surface area contributed by atoms with Crippen LogP contribution >= 0.6 is 0 Å². The summed E-state index contributed by atoms with van der Waals surface area (Å²) in [4.78, 5) is 42.6. The summed E-state index contributed by atoms with van der Waals surface area (Å²) in [5.74, 6) is -1.10. The van der Waals surface area contributed by atoms with E-state index in [1.54, 1.807) is 47.4 Å². The van der Waals surface area contributed by atoms with Gasteiger partial charge in [-0.3, -0.25) is 4.79 Å². The first kappa shape index (κ1) is 28.9. The molecule has 0 saturated carbocycles. The first-order chi connectivity index (χ1) is 19.2. The molecule has 2 aliphatic rings. The second-order valence-electron chi connectivity index (χ2n) is 9.49. The van der Waals surface area contributed by atoms with Crippen LogP contribution in [-0.2, 0) is 30.8 Å². The average molecular weight is 571 g/mol. The Morgan fingerprint density at radius 3 is 2.40 bits per heavy atom. The van der Waals surface area contributed by atoms with Crippen LogP contribution in [0.25, 0.3) is 10.4 Å². The lowest BCUT2D eigenvalue weighted by molar-refractivity contribution is -0.145. The highest BCUT2D eigenvalue weighted by atomic mass is 32.2. The van der Waals surface area contributed by atoms with Gasteiger partial charge in [0, 0.05) is 31.0 Å². The average Bonchev–Trinajstić information content (AvgIpc) is 3.65. The number of nitrogens with zero attached hydrogens (tertiary/aromatic N) is 5. The second kappa shape index (κ2) is 12.8. The molecule has 212 valence electrons. The zero-order valence-corrected chi connectivity index (χ0v) is 22.7. The molecule has 0 radical (unpaired) electrons. The summed E-state index contributed by atoms with van der Waals surface area (Å²) >= 11 is 0. The molecule has 2 aromatic carbocycles. The molecule has 2 aromatic rings. The fourth-order valence-corrected chi connectivity index (χ4v) is 6.43. The van der Waals surface area contributed by atoms with E-state index in [1.165, 1.54) is 19.2 Å². The van der Waals surface area contributed by atoms with Crippen molar-refractivity contribution in [2.75, 3.05) is 26.7 Å². The number of hydrogen-bond donors (Lipinski definition) is 1. The van der Waals surface area contributed by atoms with E-state index in [-0.39, 0.29) is 24.3 Å². The second-order valence-corrected chi connectivity index (χ2v) is 11.4. The smallest absolute Gasteiger partial charge is 0.415 e. The lowest BCUT2D eigenvalue weighted by Gasteiger charge is -2.25. The van der Waals surface area contributed by atoms with Crippen LogP contribution in [0.5, 0.6) is 5.75 Å². The fraction of sp³-hybridized carbons (Fsp3) is 0.423. The van der Waals surface area contributed by atoms with Crippen LogP contribution in [0.15, 0.2) is 64.6 Å². The van der Waals surface area contributed by atoms with E-state index in [0.717, 1.165) is 17.1 Å². The molecular weight excluding hydrogens is 540 g/mol. The first-order valence-electron chi connectivity index (χ1n) is 12.8. The highest BCUT2D eigenvalue weighted by molar-refractivity contribution is 7.89. The van der Waals surface area contributed by atoms with Gasteiger partial charge < -0.3 is 19.7 Å². The van der Waals surface area contributed by atoms with E-state index in [2.05, 4.69) is 15.3 Å². The molecule has 0 aromatic heterocycles. The molecule has 4 rings (SSSR count). The predicted molar refractivity (Wildman–Crippen MR) is 143 cm³/mol. The number of amides is 2. The lowest BCUT2D eigenvalue weighted by Crippen LogP contribution is -2.51. The number of rotatable bonds is 9. The summed E-state index contributed by atoms with van der Waals surface area (Å²) in [5, 5.41) is 6.24. The predicted octanol–water partition coefficient (Wildman–Crippen LogP) is 2.62. The summed E-state index contributed by atoms with van der Waals surface area (Å²) in [6.45, 7) is 1.14. The molecule has 13 nitrogen and oxygen atoms in total. The Hall–Kier alpha value is -4.13. The van der Waals surface area contributed by atoms with Crippen molar-refractivity contribution in [2.24, 2.45) is 5.11 Å². The molecule has 0 spiro atoms. The van der Waals surface area contributed by atoms with Crippen molar-refractivity contribution >= 4 is 28.0 Å². The normalized spacial score (nSPS) is 19.9. The molecule has 2 heterocycles. The summed E-state index contributed by atoms with van der Waals surface area (Å²) in [7, 11) is -2.92. The Balaban J connectivity index is 1.48. The third kappa shape index (κ3) is 6.71. The molecule has 1 unspecified atom stereocenters. The van der Waals surface area contributed by atoms with Crippen LogP contribution < -0.4 is 10.1 Å². The minimum atomic E-state index is -4.10. The maximum atomic E-state index is 13.4. The van der Waals surface area contributed by atoms with Crippen molar-refractivity contribution in [3.8, 4) is 5.75 Å². The van der Waals surface area contributed by atoms with Crippen molar-refractivity contribution in [3.05, 3.63) is 70.6 Å². The van der Waals surface area contributed by atoms with Gasteiger partial charge in [0.2, 0.25) is 15.9 Å². The number of sulfonamides is 1. The zero-order valence-electron chi connectivity index (χ0n) is 21.9. The van der Waals surface area contributed by atoms with Crippen LogP contribution in [0, 0.1) is 0 Å². The summed E-state index contributed by atoms with van der Waals surface area (Å²) < 4.78 is 37.9. The SMILES string of the molecule is COC(=O)C(Cc1ccc(OC(=O)N2CCCC2)cc1)NC(=O)[C@@H]1C[C@@H](N=[N+]=[N-])CN1S(=O)(=O)c1ccccc1. The van der Waals surface area contributed by atoms with E-state index >= 15 is 0 Å². The van der Waals surface area contributed by atoms with E-state index in [1.807, 2.05) is 0 Å². The van der Waals surface area contributed by atoms with Gasteiger partial charge in [-0.25, -0.2) is 18.0 Å². The van der Waals surface area contributed by atoms with E-state index in [9.17, 15) is 22.8 Å². The van der Waals surface area contributed by atoms with Gasteiger partial charge in [-0.1, -0.05) is 35.4 Å². The number of azide groups is 1. The summed E-state index contributed by atoms with van der Waals surface area (Å²) in [5.41, 5.74) is 9.54. The minimum Gasteiger partial charge on any atom is -0.467 e. The number of carbonyl (C=O) groups excluding carboxylic acids is 3. The van der Waals surface area contributed by atoms with Crippen molar-refractivity contribution in [2.45, 2.75) is 48.7 Å². The molecule has 0 bridgehead atoms. The standard InChI is InChI=1S/C26H30N6O7S/c1-38-25(34)22(15-18-9-11-20(12-10-18)39-26(35)31-13-5-6-14-31)28-24(33)23-16-19(29-30-27)17-32(23)40(36,37)21-7-3-2-4-8-21/h2-4,7-12,19,22-23H,5-6,13-17H2,1H3,(H,28,33)/t19-,22?,23+/m1/s1. The largest absolute Gasteiger partial charge is 0.467 e. The Bertz CT molecular complexity index is 1370. The third-order valence-electron chi connectivity index (χ3n) is 6.84. The zero-order chi connectivity index (χ0) is 28.7. The Labute approximate surface area is 231 Å². The molecule has 0 aliphatic carbocycles. The van der Waals surface area contributed by atoms with Crippen molar-refractivity contribution < 1.29 is 32.3 Å². The number of benzene rings is 2. The number of hydrogen-bond acceptors (Lipinski definition) is 8. The number of esters is 1. The maximum Gasteiger partial charge on any atom is 0.415 e. The van der Waals surface area contributed by atoms with Gasteiger partial charge in [-0.2, -0.15) is 4.31 Å². The summed E-state index contributed by atoms with van der Waals surface area (Å²) in [6.07, 6.45) is 1.45. The third-order valence-corrected chi connectivity index (χ3v) is 8.72. The monoisotopic (exact) mass is 570 g/mol. The van der Waals surface area contributed by atoms with Gasteiger partial charge in [0.25, 0.3) is 0 Å². The Morgan fingerprint density at radius 2 is 1.77 bits per heavy atom. The summed E-state index contributed by atoms with van der Waals surface area (Å²) in [6, 6.07) is 11.0. The highest BCUT2D eigenvalue weighted by Gasteiger charge is 2.44. The van der Waals surface area contributed by atoms with Gasteiger partial charge in [-0.15, -0.1) is 0 Å². The van der Waals surface area contributed by atoms with Gasteiger partial charge in [0.15, 0.2) is 0 Å². The molecular formula is C26H30N6O7S. The van der Waals surface area contributed by atoms with Gasteiger partial charge in [0.1, 0.15) is 17.8 Å². The van der Waals surface area contributed by atoms with Gasteiger partial charge in [-0.05, 0) is 54.6 Å². The number of likely N-dealkylation sites (tertiary alicyclic amines) is 1. The first-order valence-corrected chi connectivity index (χ1v) is 14.2. The Kier molecular flexibility index (Phi) is 9.25. The number of carbonyl (C=O) groups is 3. The molecule has 40 heavy (non-hydrogen) atoms. The molecule has 1 N–H and O–H groups in total. The molecule has 14 heteroatoms. The van der Waals surface area contributed by atoms with Crippen LogP contribution in [0.2, 0.25) is 0 Å². The minimum absolute atomic E-state index is 0.00979. The van der Waals surface area contributed by atoms with E-state index in [0.29, 0.717) is 24.4 Å². The van der Waals surface area contributed by atoms with Crippen LogP contribution in [0.3, 0.4) is 0 Å². The quantitative estimate of drug-likeness (QED) is 0.209. The molecule has 3 atom stereocenters. The molecule has 2 aliphatic heterocycles. The van der Waals surface area contributed by atoms with Crippen LogP contribution in [-0.4, -0.2) is 80.5 Å². The fourth-order valence-electron chi connectivity index (χ4n) is 4.77. The number of nitrogens with one attached hydrogen (secondary N) is 1. The van der Waals surface area contributed by atoms with Crippen molar-refractivity contribution in [3.63, 3.8) is 0 Å². The van der Waals surface area contributed by atoms with Gasteiger partial charge in [0.05, 0.1) is 18.0 Å². The number of ether oxygens (including phenoxy) is 2. The lowest BCUT2D eigenvalue weighted by atomic mass is 10.0. The maximum absolute atomic E-state index is 13.4. The van der Waals surface area contributed by atoms with Gasteiger partial charge >= 0.3 is 12.1 Å². The van der Waals surface area contributed by atoms with Crippen LogP contribution in [0.4, 0.5) is 4.79 Å². The van der Waals surface area contributed by atoms with E-state index in [4.69, 9.17) is 15.0 Å². The molecule has 2 amide bonds. The van der Waals surface area contributed by atoms with Crippen LogP contribution in [0.1, 0.15) is 24.8 Å². The Morgan fingerprint density at radius 1 is 1.10 bits per heavy atom. The molecule has 2 saturated heterocycles. The topological polar surface area (TPSA) is 171 Å². The van der Waals surface area contributed by atoms with Crippen molar-refractivity contribution in [1.29, 1.82) is 0 Å².